The molecule has 0 fully saturated rings. The third-order valence-corrected chi connectivity index (χ3v) is 4.84. The predicted molar refractivity (Wildman–Crippen MR) is 92.5 cm³/mol. The third kappa shape index (κ3) is 6.91. The van der Waals surface area contributed by atoms with Crippen molar-refractivity contribution in [1.82, 2.24) is 4.72 Å². The van der Waals surface area contributed by atoms with Crippen LogP contribution in [0.1, 0.15) is 12.8 Å². The van der Waals surface area contributed by atoms with E-state index >= 15 is 0 Å². The molecule has 0 aromatic heterocycles. The molecular weight excluding hydrogens is 385 g/mol. The molecule has 2 rings (SSSR count). The molecule has 27 heavy (non-hydrogen) atoms. The molecule has 0 atom stereocenters. The van der Waals surface area contributed by atoms with E-state index in [1.165, 1.54) is 24.3 Å². The molecule has 2 aromatic rings. The number of carbonyl (C=O) groups excluding carboxylic acids is 1. The van der Waals surface area contributed by atoms with Gasteiger partial charge in [-0.25, -0.2) is 17.5 Å². The van der Waals surface area contributed by atoms with E-state index in [2.05, 4.69) is 14.8 Å². The van der Waals surface area contributed by atoms with Crippen molar-refractivity contribution < 1.29 is 31.1 Å². The number of ether oxygens (including phenoxy) is 1. The monoisotopic (exact) mass is 402 g/mol. The fourth-order valence-electron chi connectivity index (χ4n) is 2.10. The lowest BCUT2D eigenvalue weighted by molar-refractivity contribution is -0.116. The number of benzene rings is 2. The number of anilines is 1. The largest absolute Gasteiger partial charge is 0.435 e. The fraction of sp³-hybridized carbons (Fsp3) is 0.235. The van der Waals surface area contributed by atoms with Gasteiger partial charge in [-0.2, -0.15) is 8.78 Å². The van der Waals surface area contributed by atoms with Gasteiger partial charge in [0.25, 0.3) is 0 Å². The summed E-state index contributed by atoms with van der Waals surface area (Å²) < 4.78 is 67.4. The Balaban J connectivity index is 1.75. The Kier molecular flexibility index (Phi) is 7.19. The van der Waals surface area contributed by atoms with Crippen molar-refractivity contribution in [3.8, 4) is 5.75 Å². The van der Waals surface area contributed by atoms with Crippen molar-refractivity contribution in [1.29, 1.82) is 0 Å². The lowest BCUT2D eigenvalue weighted by atomic mass is 10.2. The molecule has 2 N–H and O–H groups in total. The zero-order chi connectivity index (χ0) is 19.9. The minimum absolute atomic E-state index is 0.0221. The molecule has 146 valence electrons. The summed E-state index contributed by atoms with van der Waals surface area (Å²) in [5, 5.41) is 2.56. The van der Waals surface area contributed by atoms with Crippen LogP contribution in [-0.2, 0) is 14.8 Å². The van der Waals surface area contributed by atoms with Crippen LogP contribution in [0.25, 0.3) is 0 Å². The van der Waals surface area contributed by atoms with E-state index in [1.54, 1.807) is 0 Å². The van der Waals surface area contributed by atoms with Crippen molar-refractivity contribution in [2.24, 2.45) is 0 Å². The van der Waals surface area contributed by atoms with E-state index in [1.807, 2.05) is 0 Å². The Morgan fingerprint density at radius 3 is 2.26 bits per heavy atom. The summed E-state index contributed by atoms with van der Waals surface area (Å²) in [5.41, 5.74) is 0.397. The van der Waals surface area contributed by atoms with Crippen LogP contribution >= 0.6 is 0 Å². The summed E-state index contributed by atoms with van der Waals surface area (Å²) in [5.74, 6) is -0.934. The average Bonchev–Trinajstić information content (AvgIpc) is 2.60. The Hall–Kier alpha value is -2.59. The van der Waals surface area contributed by atoms with E-state index < -0.39 is 22.5 Å². The van der Waals surface area contributed by atoms with Crippen LogP contribution in [0.2, 0.25) is 0 Å². The quantitative estimate of drug-likeness (QED) is 0.631. The SMILES string of the molecule is O=C(CCCNS(=O)(=O)c1ccc(F)cc1)Nc1ccc(OC(F)F)cc1. The topological polar surface area (TPSA) is 84.5 Å². The number of sulfonamides is 1. The number of amides is 1. The van der Waals surface area contributed by atoms with Crippen LogP contribution < -0.4 is 14.8 Å². The van der Waals surface area contributed by atoms with E-state index in [4.69, 9.17) is 0 Å². The molecule has 0 aliphatic carbocycles. The van der Waals surface area contributed by atoms with Gasteiger partial charge in [0.1, 0.15) is 11.6 Å². The van der Waals surface area contributed by atoms with Crippen molar-refractivity contribution in [3.63, 3.8) is 0 Å². The zero-order valence-corrected chi connectivity index (χ0v) is 14.8. The standard InChI is InChI=1S/C17H17F3N2O4S/c18-12-3-9-15(10-4-12)27(24,25)21-11-1-2-16(23)22-13-5-7-14(8-6-13)26-17(19)20/h3-10,17,21H,1-2,11H2,(H,22,23). The first-order valence-corrected chi connectivity index (χ1v) is 9.34. The minimum Gasteiger partial charge on any atom is -0.435 e. The van der Waals surface area contributed by atoms with Crippen molar-refractivity contribution in [2.75, 3.05) is 11.9 Å². The molecule has 10 heteroatoms. The average molecular weight is 402 g/mol. The maximum atomic E-state index is 12.8. The summed E-state index contributed by atoms with van der Waals surface area (Å²) in [6.45, 7) is -2.90. The van der Waals surface area contributed by atoms with Gasteiger partial charge in [0.05, 0.1) is 4.90 Å². The van der Waals surface area contributed by atoms with Crippen LogP contribution in [0.15, 0.2) is 53.4 Å². The Labute approximate surface area is 154 Å². The first-order chi connectivity index (χ1) is 12.8. The highest BCUT2D eigenvalue weighted by Gasteiger charge is 2.13. The molecule has 0 radical (unpaired) electrons. The molecule has 6 nitrogen and oxygen atoms in total. The molecule has 1 amide bonds. The highest BCUT2D eigenvalue weighted by Crippen LogP contribution is 2.18. The van der Waals surface area contributed by atoms with Crippen molar-refractivity contribution in [2.45, 2.75) is 24.3 Å². The molecule has 0 aliphatic rings. The van der Waals surface area contributed by atoms with Crippen molar-refractivity contribution in [3.05, 3.63) is 54.3 Å². The maximum absolute atomic E-state index is 12.8. The number of hydrogen-bond acceptors (Lipinski definition) is 4. The second kappa shape index (κ2) is 9.38. The number of nitrogens with one attached hydrogen (secondary N) is 2. The second-order valence-corrected chi connectivity index (χ2v) is 7.17. The summed E-state index contributed by atoms with van der Waals surface area (Å²) in [7, 11) is -3.77. The van der Waals surface area contributed by atoms with E-state index in [-0.39, 0.29) is 35.9 Å². The van der Waals surface area contributed by atoms with Gasteiger partial charge in [-0.15, -0.1) is 0 Å². The molecule has 0 saturated heterocycles. The van der Waals surface area contributed by atoms with Gasteiger partial charge in [-0.3, -0.25) is 4.79 Å². The number of carbonyl (C=O) groups is 1. The van der Waals surface area contributed by atoms with Crippen LogP contribution in [0.5, 0.6) is 5.75 Å². The minimum atomic E-state index is -3.77. The number of alkyl halides is 2. The van der Waals surface area contributed by atoms with Crippen LogP contribution in [0.4, 0.5) is 18.9 Å². The Bertz CT molecular complexity index is 857. The summed E-state index contributed by atoms with van der Waals surface area (Å²) >= 11 is 0. The lowest BCUT2D eigenvalue weighted by Crippen LogP contribution is -2.25. The Morgan fingerprint density at radius 1 is 1.04 bits per heavy atom. The normalized spacial score (nSPS) is 11.4. The molecule has 0 heterocycles. The maximum Gasteiger partial charge on any atom is 0.387 e. The number of hydrogen-bond donors (Lipinski definition) is 2. The first kappa shape index (κ1) is 20.7. The third-order valence-electron chi connectivity index (χ3n) is 3.36. The molecule has 2 aromatic carbocycles. The second-order valence-electron chi connectivity index (χ2n) is 5.41. The summed E-state index contributed by atoms with van der Waals surface area (Å²) in [4.78, 5) is 11.8. The smallest absolute Gasteiger partial charge is 0.387 e. The van der Waals surface area contributed by atoms with E-state index in [0.717, 1.165) is 24.3 Å². The van der Waals surface area contributed by atoms with Gasteiger partial charge in [0.15, 0.2) is 0 Å². The van der Waals surface area contributed by atoms with Gasteiger partial charge in [-0.05, 0) is 55.0 Å². The number of halogens is 3. The highest BCUT2D eigenvalue weighted by molar-refractivity contribution is 7.89. The molecular formula is C17H17F3N2O4S. The first-order valence-electron chi connectivity index (χ1n) is 7.86. The van der Waals surface area contributed by atoms with Gasteiger partial charge in [0.2, 0.25) is 15.9 Å². The number of rotatable bonds is 9. The molecule has 0 spiro atoms. The highest BCUT2D eigenvalue weighted by atomic mass is 32.2. The molecule has 0 unspecified atom stereocenters. The summed E-state index contributed by atoms with van der Waals surface area (Å²) in [6.07, 6.45) is 0.278. The molecule has 0 bridgehead atoms. The van der Waals surface area contributed by atoms with Crippen LogP contribution in [0.3, 0.4) is 0 Å². The van der Waals surface area contributed by atoms with E-state index in [9.17, 15) is 26.4 Å². The fourth-order valence-corrected chi connectivity index (χ4v) is 3.17. The van der Waals surface area contributed by atoms with Crippen LogP contribution in [0, 0.1) is 5.82 Å². The van der Waals surface area contributed by atoms with E-state index in [0.29, 0.717) is 5.69 Å². The molecule has 0 aliphatic heterocycles. The predicted octanol–water partition coefficient (Wildman–Crippen LogP) is 3.12. The molecule has 0 saturated carbocycles. The summed E-state index contributed by atoms with van der Waals surface area (Å²) in [6, 6.07) is 9.77. The van der Waals surface area contributed by atoms with Gasteiger partial charge in [0, 0.05) is 18.7 Å². The van der Waals surface area contributed by atoms with Gasteiger partial charge in [-0.1, -0.05) is 0 Å². The van der Waals surface area contributed by atoms with Crippen LogP contribution in [-0.4, -0.2) is 27.5 Å². The zero-order valence-electron chi connectivity index (χ0n) is 14.0. The van der Waals surface area contributed by atoms with Crippen molar-refractivity contribution >= 4 is 21.6 Å². The lowest BCUT2D eigenvalue weighted by Gasteiger charge is -2.08. The van der Waals surface area contributed by atoms with Gasteiger partial charge < -0.3 is 10.1 Å². The Morgan fingerprint density at radius 2 is 1.67 bits per heavy atom. The van der Waals surface area contributed by atoms with Gasteiger partial charge >= 0.3 is 6.61 Å².